The Morgan fingerprint density at radius 3 is 0.623 bits per heavy atom. The third kappa shape index (κ3) is 49.5. The molecule has 0 rings (SSSR count). The molecule has 0 fully saturated rings. The number of carbonyl (C=O) groups is 1. The average Bonchev–Trinajstić information content (AvgIpc) is 3.16. The van der Waals surface area contributed by atoms with Gasteiger partial charge in [-0.1, -0.05) is 296 Å². The van der Waals surface area contributed by atoms with Crippen LogP contribution >= 0.6 is 0 Å². The average molecular weight is 747 g/mol. The summed E-state index contributed by atoms with van der Waals surface area (Å²) in [7, 11) is 0. The Balaban J connectivity index is 3.14. The second-order valence-corrected chi connectivity index (χ2v) is 17.5. The van der Waals surface area contributed by atoms with Crippen molar-refractivity contribution in [2.45, 2.75) is 316 Å². The minimum Gasteiger partial charge on any atom is -0.466 e. The Kier molecular flexibility index (Phi) is 49.0. The second kappa shape index (κ2) is 49.5. The van der Waals surface area contributed by atoms with E-state index in [4.69, 9.17) is 4.74 Å². The summed E-state index contributed by atoms with van der Waals surface area (Å²) in [6.07, 6.45) is 65.3. The van der Waals surface area contributed by atoms with Crippen LogP contribution in [0.2, 0.25) is 0 Å². The molecule has 0 aromatic rings. The number of unbranched alkanes of at least 4 members (excludes halogenated alkanes) is 44. The van der Waals surface area contributed by atoms with Gasteiger partial charge in [-0.2, -0.15) is 0 Å². The third-order valence-corrected chi connectivity index (χ3v) is 12.0. The first-order valence-electron chi connectivity index (χ1n) is 25.5. The van der Waals surface area contributed by atoms with Crippen LogP contribution in [0, 0.1) is 0 Å². The van der Waals surface area contributed by atoms with E-state index in [1.807, 2.05) is 0 Å². The predicted octanol–water partition coefficient (Wildman–Crippen LogP) is 18.9. The maximum Gasteiger partial charge on any atom is 0.305 e. The van der Waals surface area contributed by atoms with Crippen molar-refractivity contribution in [2.24, 2.45) is 0 Å². The number of rotatable bonds is 48. The van der Waals surface area contributed by atoms with Crippen molar-refractivity contribution in [3.63, 3.8) is 0 Å². The van der Waals surface area contributed by atoms with Gasteiger partial charge in [-0.3, -0.25) is 4.79 Å². The van der Waals surface area contributed by atoms with Crippen LogP contribution in [0.5, 0.6) is 0 Å². The lowest BCUT2D eigenvalue weighted by Gasteiger charge is -2.06. The molecule has 0 aromatic carbocycles. The largest absolute Gasteiger partial charge is 0.466 e. The monoisotopic (exact) mass is 747 g/mol. The van der Waals surface area contributed by atoms with Crippen molar-refractivity contribution in [1.29, 1.82) is 0 Å². The zero-order valence-corrected chi connectivity index (χ0v) is 37.3. The zero-order valence-electron chi connectivity index (χ0n) is 37.3. The second-order valence-electron chi connectivity index (χ2n) is 17.5. The molecule has 0 aliphatic heterocycles. The summed E-state index contributed by atoms with van der Waals surface area (Å²) in [5.74, 6) is 0.0341. The first-order chi connectivity index (χ1) is 26.3. The molecule has 2 nitrogen and oxygen atoms in total. The minimum atomic E-state index is 0.0341. The van der Waals surface area contributed by atoms with Gasteiger partial charge in [-0.25, -0.2) is 0 Å². The quantitative estimate of drug-likeness (QED) is 0.0458. The lowest BCUT2D eigenvalue weighted by molar-refractivity contribution is -0.143. The first-order valence-corrected chi connectivity index (χ1v) is 25.5. The topological polar surface area (TPSA) is 26.3 Å². The summed E-state index contributed by atoms with van der Waals surface area (Å²) in [6.45, 7) is 5.24. The lowest BCUT2D eigenvalue weighted by Crippen LogP contribution is -2.05. The molecular weight excluding hydrogens is 645 g/mol. The fourth-order valence-corrected chi connectivity index (χ4v) is 8.20. The molecule has 2 heteroatoms. The van der Waals surface area contributed by atoms with Crippen LogP contribution in [0.25, 0.3) is 0 Å². The molecule has 0 amide bonds. The molecule has 0 N–H and O–H groups in total. The van der Waals surface area contributed by atoms with Crippen LogP contribution in [0.3, 0.4) is 0 Å². The molecule has 0 saturated carbocycles. The summed E-state index contributed by atoms with van der Waals surface area (Å²) < 4.78 is 5.49. The van der Waals surface area contributed by atoms with Gasteiger partial charge in [-0.05, 0) is 12.8 Å². The van der Waals surface area contributed by atoms with Gasteiger partial charge >= 0.3 is 5.97 Å². The van der Waals surface area contributed by atoms with Gasteiger partial charge in [0.2, 0.25) is 0 Å². The molecule has 0 aromatic heterocycles. The number of ether oxygens (including phenoxy) is 1. The van der Waals surface area contributed by atoms with Crippen molar-refractivity contribution in [3.05, 3.63) is 0 Å². The molecule has 0 aliphatic rings. The number of hydrogen-bond donors (Lipinski definition) is 0. The molecule has 0 aliphatic carbocycles. The van der Waals surface area contributed by atoms with E-state index >= 15 is 0 Å². The maximum absolute atomic E-state index is 12.1. The molecule has 318 valence electrons. The smallest absolute Gasteiger partial charge is 0.305 e. The number of hydrogen-bond acceptors (Lipinski definition) is 2. The number of carbonyl (C=O) groups excluding carboxylic acids is 1. The van der Waals surface area contributed by atoms with E-state index < -0.39 is 0 Å². The van der Waals surface area contributed by atoms with E-state index in [1.165, 1.54) is 283 Å². The Morgan fingerprint density at radius 1 is 0.245 bits per heavy atom. The molecule has 53 heavy (non-hydrogen) atoms. The number of esters is 1. The zero-order chi connectivity index (χ0) is 38.2. The van der Waals surface area contributed by atoms with Crippen molar-refractivity contribution < 1.29 is 9.53 Å². The molecule has 0 atom stereocenters. The van der Waals surface area contributed by atoms with Crippen molar-refractivity contribution in [2.75, 3.05) is 6.61 Å². The highest BCUT2D eigenvalue weighted by molar-refractivity contribution is 5.69. The van der Waals surface area contributed by atoms with Gasteiger partial charge in [0.1, 0.15) is 0 Å². The van der Waals surface area contributed by atoms with Crippen molar-refractivity contribution in [3.8, 4) is 0 Å². The highest BCUT2D eigenvalue weighted by atomic mass is 16.5. The summed E-state index contributed by atoms with van der Waals surface area (Å²) in [5.41, 5.74) is 0. The molecular formula is C51H102O2. The van der Waals surface area contributed by atoms with Gasteiger partial charge in [0.25, 0.3) is 0 Å². The van der Waals surface area contributed by atoms with E-state index in [-0.39, 0.29) is 5.97 Å². The van der Waals surface area contributed by atoms with E-state index in [1.54, 1.807) is 0 Å². The maximum atomic E-state index is 12.1. The third-order valence-electron chi connectivity index (χ3n) is 12.0. The molecule has 0 saturated heterocycles. The Labute approximate surface area is 336 Å². The fourth-order valence-electron chi connectivity index (χ4n) is 8.20. The molecule has 0 spiro atoms. The van der Waals surface area contributed by atoms with Crippen molar-refractivity contribution in [1.82, 2.24) is 0 Å². The summed E-state index contributed by atoms with van der Waals surface area (Å²) in [6, 6.07) is 0. The van der Waals surface area contributed by atoms with Gasteiger partial charge in [0, 0.05) is 6.42 Å². The lowest BCUT2D eigenvalue weighted by atomic mass is 10.0. The van der Waals surface area contributed by atoms with Gasteiger partial charge < -0.3 is 4.74 Å². The molecule has 0 radical (unpaired) electrons. The first kappa shape index (κ1) is 52.5. The fraction of sp³-hybridized carbons (Fsp3) is 0.980. The van der Waals surface area contributed by atoms with Crippen LogP contribution in [0.4, 0.5) is 0 Å². The van der Waals surface area contributed by atoms with Crippen molar-refractivity contribution >= 4 is 5.97 Å². The van der Waals surface area contributed by atoms with E-state index in [2.05, 4.69) is 13.8 Å². The van der Waals surface area contributed by atoms with Gasteiger partial charge in [-0.15, -0.1) is 0 Å². The van der Waals surface area contributed by atoms with Crippen LogP contribution in [-0.4, -0.2) is 12.6 Å². The standard InChI is InChI=1S/C51H102O2/c1-3-5-7-9-11-13-15-17-19-21-23-24-25-26-27-28-29-30-31-32-33-35-37-39-41-43-45-47-49-51(52)53-50-48-46-44-42-40-38-36-34-22-20-18-16-14-12-10-8-6-4-2/h3-50H2,1-2H3. The van der Waals surface area contributed by atoms with Crippen LogP contribution in [-0.2, 0) is 9.53 Å². The van der Waals surface area contributed by atoms with E-state index in [0.29, 0.717) is 13.0 Å². The highest BCUT2D eigenvalue weighted by Crippen LogP contribution is 2.18. The minimum absolute atomic E-state index is 0.0341. The normalized spacial score (nSPS) is 11.5. The SMILES string of the molecule is CCCCCCCCCCCCCCCCCCCCCCCCCCCCCCC(=O)OCCCCCCCCCCCCCCCCCCCC. The van der Waals surface area contributed by atoms with Crippen LogP contribution < -0.4 is 0 Å². The van der Waals surface area contributed by atoms with Gasteiger partial charge in [0.05, 0.1) is 6.61 Å². The summed E-state index contributed by atoms with van der Waals surface area (Å²) in [4.78, 5) is 12.1. The van der Waals surface area contributed by atoms with Crippen LogP contribution in [0.15, 0.2) is 0 Å². The Hall–Kier alpha value is -0.530. The Bertz CT molecular complexity index is 644. The molecule has 0 heterocycles. The van der Waals surface area contributed by atoms with Crippen LogP contribution in [0.1, 0.15) is 316 Å². The molecule has 0 unspecified atom stereocenters. The predicted molar refractivity (Wildman–Crippen MR) is 239 cm³/mol. The highest BCUT2D eigenvalue weighted by Gasteiger charge is 2.03. The molecule has 0 bridgehead atoms. The summed E-state index contributed by atoms with van der Waals surface area (Å²) in [5, 5.41) is 0. The van der Waals surface area contributed by atoms with E-state index in [9.17, 15) is 4.79 Å². The van der Waals surface area contributed by atoms with Gasteiger partial charge in [0.15, 0.2) is 0 Å². The van der Waals surface area contributed by atoms with E-state index in [0.717, 1.165) is 12.8 Å². The Morgan fingerprint density at radius 2 is 0.415 bits per heavy atom. The summed E-state index contributed by atoms with van der Waals surface area (Å²) >= 11 is 0.